The van der Waals surface area contributed by atoms with E-state index in [4.69, 9.17) is 11.6 Å². The fourth-order valence-electron chi connectivity index (χ4n) is 1.49. The standard InChI is InChI=1S/C12H9ClN4O3/c13-10-5-8(1-2-11(10)17(19)20)12(18)15-6-9-3-4-14-7-16-9/h1-5,7H,6H2,(H,15,18). The molecule has 2 aromatic rings. The van der Waals surface area contributed by atoms with Crippen molar-refractivity contribution in [2.45, 2.75) is 6.54 Å². The molecule has 0 saturated carbocycles. The summed E-state index contributed by atoms with van der Waals surface area (Å²) in [6.45, 7) is 0.232. The van der Waals surface area contributed by atoms with E-state index in [2.05, 4.69) is 15.3 Å². The zero-order valence-electron chi connectivity index (χ0n) is 10.1. The first-order valence-electron chi connectivity index (χ1n) is 5.55. The Morgan fingerprint density at radius 1 is 1.40 bits per heavy atom. The number of rotatable bonds is 4. The molecule has 8 heteroatoms. The van der Waals surface area contributed by atoms with Crippen LogP contribution in [0.2, 0.25) is 5.02 Å². The number of nitro benzene ring substituents is 1. The van der Waals surface area contributed by atoms with Crippen molar-refractivity contribution in [2.75, 3.05) is 0 Å². The van der Waals surface area contributed by atoms with Gasteiger partial charge in [-0.3, -0.25) is 14.9 Å². The van der Waals surface area contributed by atoms with Gasteiger partial charge < -0.3 is 5.32 Å². The van der Waals surface area contributed by atoms with Gasteiger partial charge >= 0.3 is 0 Å². The summed E-state index contributed by atoms with van der Waals surface area (Å²) in [7, 11) is 0. The molecule has 0 aliphatic carbocycles. The summed E-state index contributed by atoms with van der Waals surface area (Å²) in [5, 5.41) is 13.2. The molecule has 1 amide bonds. The van der Waals surface area contributed by atoms with E-state index in [1.54, 1.807) is 12.3 Å². The van der Waals surface area contributed by atoms with E-state index in [-0.39, 0.29) is 28.7 Å². The van der Waals surface area contributed by atoms with Gasteiger partial charge in [-0.1, -0.05) is 11.6 Å². The zero-order chi connectivity index (χ0) is 14.5. The van der Waals surface area contributed by atoms with Crippen LogP contribution in [0.3, 0.4) is 0 Å². The van der Waals surface area contributed by atoms with Crippen LogP contribution in [0.1, 0.15) is 16.1 Å². The van der Waals surface area contributed by atoms with Gasteiger partial charge in [-0.05, 0) is 18.2 Å². The third-order valence-electron chi connectivity index (χ3n) is 2.48. The molecule has 1 aromatic heterocycles. The first-order chi connectivity index (χ1) is 9.58. The number of carbonyl (C=O) groups excluding carboxylic acids is 1. The lowest BCUT2D eigenvalue weighted by Gasteiger charge is -2.05. The molecule has 20 heavy (non-hydrogen) atoms. The SMILES string of the molecule is O=C(NCc1ccncn1)c1ccc([N+](=O)[O-])c(Cl)c1. The second kappa shape index (κ2) is 6.07. The van der Waals surface area contributed by atoms with E-state index in [1.807, 2.05) is 0 Å². The molecule has 0 aliphatic rings. The van der Waals surface area contributed by atoms with E-state index in [9.17, 15) is 14.9 Å². The Morgan fingerprint density at radius 2 is 2.20 bits per heavy atom. The largest absolute Gasteiger partial charge is 0.346 e. The summed E-state index contributed by atoms with van der Waals surface area (Å²) in [5.74, 6) is -0.389. The molecule has 0 bridgehead atoms. The number of nitro groups is 1. The maximum atomic E-state index is 11.9. The van der Waals surface area contributed by atoms with Crippen LogP contribution in [0.5, 0.6) is 0 Å². The van der Waals surface area contributed by atoms with Crippen molar-refractivity contribution < 1.29 is 9.72 Å². The summed E-state index contributed by atoms with van der Waals surface area (Å²) in [4.78, 5) is 29.6. The van der Waals surface area contributed by atoms with E-state index in [0.717, 1.165) is 0 Å². The maximum Gasteiger partial charge on any atom is 0.287 e. The number of hydrogen-bond donors (Lipinski definition) is 1. The number of amides is 1. The van der Waals surface area contributed by atoms with Crippen molar-refractivity contribution in [3.8, 4) is 0 Å². The average molecular weight is 293 g/mol. The van der Waals surface area contributed by atoms with E-state index in [1.165, 1.54) is 24.5 Å². The highest BCUT2D eigenvalue weighted by Gasteiger charge is 2.15. The van der Waals surface area contributed by atoms with Gasteiger partial charge in [-0.15, -0.1) is 0 Å². The lowest BCUT2D eigenvalue weighted by molar-refractivity contribution is -0.384. The smallest absolute Gasteiger partial charge is 0.287 e. The molecule has 0 spiro atoms. The Morgan fingerprint density at radius 3 is 2.80 bits per heavy atom. The molecule has 2 rings (SSSR count). The predicted molar refractivity (Wildman–Crippen MR) is 71.3 cm³/mol. The van der Waals surface area contributed by atoms with Crippen molar-refractivity contribution in [3.63, 3.8) is 0 Å². The second-order valence-corrected chi connectivity index (χ2v) is 4.21. The molecular weight excluding hydrogens is 284 g/mol. The molecular formula is C12H9ClN4O3. The van der Waals surface area contributed by atoms with Crippen molar-refractivity contribution in [3.05, 3.63) is 63.2 Å². The first-order valence-corrected chi connectivity index (χ1v) is 5.93. The maximum absolute atomic E-state index is 11.9. The summed E-state index contributed by atoms with van der Waals surface area (Å²) in [6.07, 6.45) is 2.95. The number of carbonyl (C=O) groups is 1. The van der Waals surface area contributed by atoms with Crippen molar-refractivity contribution in [1.29, 1.82) is 0 Å². The number of nitrogens with zero attached hydrogens (tertiary/aromatic N) is 3. The summed E-state index contributed by atoms with van der Waals surface area (Å²) in [5.41, 5.74) is 0.662. The number of benzene rings is 1. The fourth-order valence-corrected chi connectivity index (χ4v) is 1.74. The van der Waals surface area contributed by atoms with Gasteiger partial charge in [0.2, 0.25) is 0 Å². The second-order valence-electron chi connectivity index (χ2n) is 3.81. The molecule has 0 radical (unpaired) electrons. The lowest BCUT2D eigenvalue weighted by Crippen LogP contribution is -2.23. The molecule has 7 nitrogen and oxygen atoms in total. The highest BCUT2D eigenvalue weighted by molar-refractivity contribution is 6.33. The first kappa shape index (κ1) is 13.9. The quantitative estimate of drug-likeness (QED) is 0.686. The Balaban J connectivity index is 2.06. The van der Waals surface area contributed by atoms with Crippen LogP contribution < -0.4 is 5.32 Å². The highest BCUT2D eigenvalue weighted by Crippen LogP contribution is 2.24. The Labute approximate surface area is 118 Å². The van der Waals surface area contributed by atoms with Gasteiger partial charge in [0.1, 0.15) is 11.3 Å². The van der Waals surface area contributed by atoms with Gasteiger partial charge in [-0.25, -0.2) is 9.97 Å². The number of hydrogen-bond acceptors (Lipinski definition) is 5. The van der Waals surface area contributed by atoms with Gasteiger partial charge in [0.25, 0.3) is 11.6 Å². The molecule has 0 saturated heterocycles. The number of aromatic nitrogens is 2. The minimum absolute atomic E-state index is 0.0790. The summed E-state index contributed by atoms with van der Waals surface area (Å²) in [6, 6.07) is 5.47. The van der Waals surface area contributed by atoms with Gasteiger partial charge in [0.05, 0.1) is 17.2 Å². The lowest BCUT2D eigenvalue weighted by atomic mass is 10.2. The zero-order valence-corrected chi connectivity index (χ0v) is 10.9. The van der Waals surface area contributed by atoms with Crippen LogP contribution in [0, 0.1) is 10.1 Å². The molecule has 0 aliphatic heterocycles. The van der Waals surface area contributed by atoms with Crippen LogP contribution >= 0.6 is 11.6 Å². The Bertz CT molecular complexity index is 648. The Hall–Kier alpha value is -2.54. The molecule has 1 aromatic carbocycles. The third kappa shape index (κ3) is 3.27. The molecule has 0 fully saturated rings. The van der Waals surface area contributed by atoms with Crippen LogP contribution in [-0.4, -0.2) is 20.8 Å². The topological polar surface area (TPSA) is 98.0 Å². The van der Waals surface area contributed by atoms with Crippen molar-refractivity contribution in [2.24, 2.45) is 0 Å². The van der Waals surface area contributed by atoms with Gasteiger partial charge in [0, 0.05) is 17.8 Å². The van der Waals surface area contributed by atoms with E-state index < -0.39 is 4.92 Å². The van der Waals surface area contributed by atoms with Crippen molar-refractivity contribution >= 4 is 23.2 Å². The normalized spacial score (nSPS) is 10.1. The number of nitrogens with one attached hydrogen (secondary N) is 1. The highest BCUT2D eigenvalue weighted by atomic mass is 35.5. The van der Waals surface area contributed by atoms with Crippen molar-refractivity contribution in [1.82, 2.24) is 15.3 Å². The molecule has 0 unspecified atom stereocenters. The Kier molecular flexibility index (Phi) is 4.21. The molecule has 1 heterocycles. The summed E-state index contributed by atoms with van der Waals surface area (Å²) >= 11 is 5.74. The van der Waals surface area contributed by atoms with Crippen LogP contribution in [0.25, 0.3) is 0 Å². The van der Waals surface area contributed by atoms with E-state index in [0.29, 0.717) is 5.69 Å². The van der Waals surface area contributed by atoms with E-state index >= 15 is 0 Å². The minimum Gasteiger partial charge on any atom is -0.346 e. The molecule has 102 valence electrons. The predicted octanol–water partition coefficient (Wildman–Crippen LogP) is 1.97. The van der Waals surface area contributed by atoms with Gasteiger partial charge in [0.15, 0.2) is 0 Å². The monoisotopic (exact) mass is 292 g/mol. The van der Waals surface area contributed by atoms with Crippen LogP contribution in [0.4, 0.5) is 5.69 Å². The fraction of sp³-hybridized carbons (Fsp3) is 0.0833. The minimum atomic E-state index is -0.606. The van der Waals surface area contributed by atoms with Gasteiger partial charge in [-0.2, -0.15) is 0 Å². The summed E-state index contributed by atoms with van der Waals surface area (Å²) < 4.78 is 0. The van der Waals surface area contributed by atoms with Crippen LogP contribution in [-0.2, 0) is 6.54 Å². The van der Waals surface area contributed by atoms with Crippen LogP contribution in [0.15, 0.2) is 36.8 Å². The third-order valence-corrected chi connectivity index (χ3v) is 2.78. The molecule has 0 atom stereocenters. The average Bonchev–Trinajstić information content (AvgIpc) is 2.45. The number of halogens is 1. The molecule has 1 N–H and O–H groups in total.